The fourth-order valence-corrected chi connectivity index (χ4v) is 1.41. The third kappa shape index (κ3) is 3.51. The van der Waals surface area contributed by atoms with E-state index in [1.54, 1.807) is 10.9 Å². The molecule has 0 aromatic carbocycles. The Balaban J connectivity index is 2.49. The Hall–Kier alpha value is -0.820. The maximum absolute atomic E-state index is 10.9. The molecule has 0 fully saturated rings. The van der Waals surface area contributed by atoms with Gasteiger partial charge in [0.25, 0.3) is 0 Å². The zero-order chi connectivity index (χ0) is 10.4. The third-order valence-corrected chi connectivity index (χ3v) is 2.49. The minimum Gasteiger partial charge on any atom is -0.310 e. The lowest BCUT2D eigenvalue weighted by molar-refractivity contribution is 0.572. The van der Waals surface area contributed by atoms with Crippen LogP contribution in [-0.2, 0) is 23.9 Å². The standard InChI is InChI=1S/C7H15N5OS/c1-3-8-6-7-9-10-11-12(7)4-5-14(2)13/h8H,3-6H2,1-2H3. The van der Waals surface area contributed by atoms with Gasteiger partial charge in [-0.25, -0.2) is 4.68 Å². The van der Waals surface area contributed by atoms with Crippen LogP contribution in [0.15, 0.2) is 0 Å². The molecule has 0 amide bonds. The minimum atomic E-state index is -0.801. The molecule has 14 heavy (non-hydrogen) atoms. The Kier molecular flexibility index (Phi) is 4.68. The van der Waals surface area contributed by atoms with E-state index in [1.165, 1.54) is 0 Å². The smallest absolute Gasteiger partial charge is 0.165 e. The average Bonchev–Trinajstić information content (AvgIpc) is 2.58. The molecule has 0 spiro atoms. The zero-order valence-corrected chi connectivity index (χ0v) is 9.25. The molecule has 1 aromatic heterocycles. The fourth-order valence-electron chi connectivity index (χ4n) is 0.975. The predicted molar refractivity (Wildman–Crippen MR) is 54.1 cm³/mol. The van der Waals surface area contributed by atoms with E-state index in [0.29, 0.717) is 18.8 Å². The Morgan fingerprint density at radius 2 is 2.36 bits per heavy atom. The second-order valence-electron chi connectivity index (χ2n) is 2.88. The Bertz CT molecular complexity index is 300. The molecule has 6 nitrogen and oxygen atoms in total. The lowest BCUT2D eigenvalue weighted by atomic mass is 10.5. The van der Waals surface area contributed by atoms with Crippen molar-refractivity contribution in [2.24, 2.45) is 0 Å². The SMILES string of the molecule is CCNCc1nnnn1CCS(C)=O. The molecule has 0 aliphatic rings. The average molecular weight is 217 g/mol. The van der Waals surface area contributed by atoms with Crippen LogP contribution in [0.2, 0.25) is 0 Å². The molecule has 7 heteroatoms. The number of nitrogens with zero attached hydrogens (tertiary/aromatic N) is 4. The number of aryl methyl sites for hydroxylation is 1. The third-order valence-electron chi connectivity index (χ3n) is 1.73. The largest absolute Gasteiger partial charge is 0.310 e. The number of nitrogens with one attached hydrogen (secondary N) is 1. The number of hydrogen-bond donors (Lipinski definition) is 1. The van der Waals surface area contributed by atoms with Crippen molar-refractivity contribution >= 4 is 10.8 Å². The minimum absolute atomic E-state index is 0.587. The molecule has 1 N–H and O–H groups in total. The van der Waals surface area contributed by atoms with E-state index in [1.807, 2.05) is 6.92 Å². The first-order chi connectivity index (χ1) is 6.74. The van der Waals surface area contributed by atoms with Gasteiger partial charge in [0.1, 0.15) is 0 Å². The fraction of sp³-hybridized carbons (Fsp3) is 0.857. The van der Waals surface area contributed by atoms with Crippen molar-refractivity contribution in [1.29, 1.82) is 0 Å². The molecule has 1 heterocycles. The summed E-state index contributed by atoms with van der Waals surface area (Å²) in [7, 11) is -0.801. The van der Waals surface area contributed by atoms with Gasteiger partial charge >= 0.3 is 0 Å². The van der Waals surface area contributed by atoms with E-state index in [4.69, 9.17) is 0 Å². The highest BCUT2D eigenvalue weighted by Gasteiger charge is 2.04. The maximum Gasteiger partial charge on any atom is 0.165 e. The topological polar surface area (TPSA) is 72.7 Å². The first kappa shape index (κ1) is 11.3. The molecule has 1 atom stereocenters. The van der Waals surface area contributed by atoms with E-state index in [2.05, 4.69) is 20.8 Å². The van der Waals surface area contributed by atoms with E-state index in [0.717, 1.165) is 12.4 Å². The summed E-state index contributed by atoms with van der Waals surface area (Å²) in [4.78, 5) is 0. The monoisotopic (exact) mass is 217 g/mol. The van der Waals surface area contributed by atoms with E-state index in [-0.39, 0.29) is 0 Å². The van der Waals surface area contributed by atoms with Crippen LogP contribution in [0.1, 0.15) is 12.7 Å². The van der Waals surface area contributed by atoms with Gasteiger partial charge in [0.05, 0.1) is 13.1 Å². The van der Waals surface area contributed by atoms with Crippen LogP contribution in [0.4, 0.5) is 0 Å². The number of hydrogen-bond acceptors (Lipinski definition) is 5. The van der Waals surface area contributed by atoms with Crippen LogP contribution in [-0.4, -0.2) is 43.0 Å². The van der Waals surface area contributed by atoms with E-state index in [9.17, 15) is 4.21 Å². The van der Waals surface area contributed by atoms with Gasteiger partial charge in [0, 0.05) is 22.8 Å². The zero-order valence-electron chi connectivity index (χ0n) is 8.43. The summed E-state index contributed by atoms with van der Waals surface area (Å²) in [6.45, 7) is 4.17. The quantitative estimate of drug-likeness (QED) is 0.672. The Morgan fingerprint density at radius 1 is 1.57 bits per heavy atom. The first-order valence-electron chi connectivity index (χ1n) is 4.49. The van der Waals surface area contributed by atoms with Crippen LogP contribution in [0, 0.1) is 0 Å². The van der Waals surface area contributed by atoms with Gasteiger partial charge < -0.3 is 5.32 Å². The Labute approximate surface area is 85.5 Å². The number of aromatic nitrogens is 4. The van der Waals surface area contributed by atoms with Crippen molar-refractivity contribution in [2.45, 2.75) is 20.0 Å². The summed E-state index contributed by atoms with van der Waals surface area (Å²) >= 11 is 0. The van der Waals surface area contributed by atoms with Crippen LogP contribution < -0.4 is 5.32 Å². The predicted octanol–water partition coefficient (Wildman–Crippen LogP) is -0.839. The van der Waals surface area contributed by atoms with Crippen molar-refractivity contribution in [3.05, 3.63) is 5.82 Å². The first-order valence-corrected chi connectivity index (χ1v) is 6.22. The molecular formula is C7H15N5OS. The molecular weight excluding hydrogens is 202 g/mol. The molecule has 0 saturated heterocycles. The highest BCUT2D eigenvalue weighted by atomic mass is 32.2. The summed E-state index contributed by atoms with van der Waals surface area (Å²) in [5.74, 6) is 1.38. The van der Waals surface area contributed by atoms with Crippen molar-refractivity contribution in [1.82, 2.24) is 25.5 Å². The van der Waals surface area contributed by atoms with Gasteiger partial charge in [-0.2, -0.15) is 0 Å². The van der Waals surface area contributed by atoms with Crippen LogP contribution in [0.5, 0.6) is 0 Å². The maximum atomic E-state index is 10.9. The van der Waals surface area contributed by atoms with Crippen LogP contribution in [0.3, 0.4) is 0 Å². The number of rotatable bonds is 6. The van der Waals surface area contributed by atoms with Crippen LogP contribution in [0.25, 0.3) is 0 Å². The normalized spacial score (nSPS) is 13.0. The van der Waals surface area contributed by atoms with Crippen molar-refractivity contribution in [2.75, 3.05) is 18.6 Å². The second-order valence-corrected chi connectivity index (χ2v) is 4.43. The molecule has 0 aliphatic heterocycles. The summed E-state index contributed by atoms with van der Waals surface area (Å²) in [5.41, 5.74) is 0. The lowest BCUT2D eigenvalue weighted by Crippen LogP contribution is -2.18. The summed E-state index contributed by atoms with van der Waals surface area (Å²) in [6, 6.07) is 0. The van der Waals surface area contributed by atoms with E-state index < -0.39 is 10.8 Å². The van der Waals surface area contributed by atoms with Gasteiger partial charge in [-0.1, -0.05) is 6.92 Å². The van der Waals surface area contributed by atoms with Gasteiger partial charge in [-0.05, 0) is 17.0 Å². The summed E-state index contributed by atoms with van der Waals surface area (Å²) in [5, 5.41) is 14.4. The molecule has 0 bridgehead atoms. The molecule has 0 aliphatic carbocycles. The van der Waals surface area contributed by atoms with Crippen LogP contribution >= 0.6 is 0 Å². The second kappa shape index (κ2) is 5.82. The molecule has 0 saturated carbocycles. The molecule has 0 radical (unpaired) electrons. The van der Waals surface area contributed by atoms with Crippen molar-refractivity contribution in [3.8, 4) is 0 Å². The molecule has 80 valence electrons. The molecule has 1 unspecified atom stereocenters. The van der Waals surface area contributed by atoms with Crippen molar-refractivity contribution < 1.29 is 4.21 Å². The highest BCUT2D eigenvalue weighted by molar-refractivity contribution is 7.84. The molecule has 1 rings (SSSR count). The van der Waals surface area contributed by atoms with Crippen molar-refractivity contribution in [3.63, 3.8) is 0 Å². The van der Waals surface area contributed by atoms with E-state index >= 15 is 0 Å². The van der Waals surface area contributed by atoms with Gasteiger partial charge in [-0.3, -0.25) is 4.21 Å². The van der Waals surface area contributed by atoms with Gasteiger partial charge in [0.15, 0.2) is 5.82 Å². The summed E-state index contributed by atoms with van der Waals surface area (Å²) in [6.07, 6.45) is 1.67. The highest BCUT2D eigenvalue weighted by Crippen LogP contribution is 1.92. The summed E-state index contributed by atoms with van der Waals surface area (Å²) < 4.78 is 12.6. The molecule has 1 aromatic rings. The van der Waals surface area contributed by atoms with Gasteiger partial charge in [-0.15, -0.1) is 5.10 Å². The van der Waals surface area contributed by atoms with Gasteiger partial charge in [0.2, 0.25) is 0 Å². The Morgan fingerprint density at radius 3 is 3.00 bits per heavy atom. The number of tetrazole rings is 1. The lowest BCUT2D eigenvalue weighted by Gasteiger charge is -2.02.